The minimum Gasteiger partial charge on any atom is -0.305 e. The molecule has 1 heterocycles. The molecule has 0 aliphatic rings. The molecule has 2 aromatic carbocycles. The van der Waals surface area contributed by atoms with Crippen LogP contribution in [0.2, 0.25) is 0 Å². The van der Waals surface area contributed by atoms with Crippen molar-refractivity contribution < 1.29 is 9.72 Å². The molecule has 0 amide bonds. The predicted molar refractivity (Wildman–Crippen MR) is 101 cm³/mol. The van der Waals surface area contributed by atoms with Crippen molar-refractivity contribution in [2.75, 3.05) is 0 Å². The van der Waals surface area contributed by atoms with Crippen molar-refractivity contribution in [2.45, 2.75) is 26.8 Å². The fourth-order valence-electron chi connectivity index (χ4n) is 3.26. The van der Waals surface area contributed by atoms with Crippen LogP contribution < -0.4 is 5.56 Å². The summed E-state index contributed by atoms with van der Waals surface area (Å²) in [4.78, 5) is 36.2. The SMILES string of the molecule is CC(=O)c1c(-c2ccccc2)c2cc([N+](=O)[O-])ccc2n(C(C)C)c1=O. The van der Waals surface area contributed by atoms with E-state index in [0.29, 0.717) is 22.0 Å². The van der Waals surface area contributed by atoms with Crippen LogP contribution in [0.1, 0.15) is 37.2 Å². The van der Waals surface area contributed by atoms with Crippen molar-refractivity contribution in [1.29, 1.82) is 0 Å². The van der Waals surface area contributed by atoms with Crippen LogP contribution in [0.5, 0.6) is 0 Å². The molecular formula is C20H18N2O4. The topological polar surface area (TPSA) is 82.2 Å². The second kappa shape index (κ2) is 6.55. The number of carbonyl (C=O) groups excluding carboxylic acids is 1. The standard InChI is InChI=1S/C20H18N2O4/c1-12(2)21-17-10-9-15(22(25)26)11-16(17)19(14-7-5-4-6-8-14)18(13(3)23)20(21)24/h4-12H,1-3H3. The molecule has 0 fully saturated rings. The molecule has 6 nitrogen and oxygen atoms in total. The molecule has 0 radical (unpaired) electrons. The van der Waals surface area contributed by atoms with Crippen LogP contribution in [-0.2, 0) is 0 Å². The average Bonchev–Trinajstić information content (AvgIpc) is 2.60. The van der Waals surface area contributed by atoms with Crippen molar-refractivity contribution in [1.82, 2.24) is 4.57 Å². The molecule has 0 aliphatic carbocycles. The number of non-ortho nitro benzene ring substituents is 1. The van der Waals surface area contributed by atoms with Crippen LogP contribution >= 0.6 is 0 Å². The van der Waals surface area contributed by atoms with E-state index in [9.17, 15) is 19.7 Å². The highest BCUT2D eigenvalue weighted by molar-refractivity contribution is 6.09. The highest BCUT2D eigenvalue weighted by Gasteiger charge is 2.23. The van der Waals surface area contributed by atoms with E-state index in [2.05, 4.69) is 0 Å². The number of ketones is 1. The van der Waals surface area contributed by atoms with Crippen molar-refractivity contribution in [3.05, 3.63) is 74.6 Å². The summed E-state index contributed by atoms with van der Waals surface area (Å²) in [5.74, 6) is -0.364. The van der Waals surface area contributed by atoms with E-state index in [1.54, 1.807) is 30.3 Å². The fraction of sp³-hybridized carbons (Fsp3) is 0.200. The molecule has 0 saturated heterocycles. The normalized spacial score (nSPS) is 11.1. The number of rotatable bonds is 4. The largest absolute Gasteiger partial charge is 0.305 e. The molecule has 1 aromatic heterocycles. The number of nitro groups is 1. The maximum atomic E-state index is 13.1. The third kappa shape index (κ3) is 2.79. The molecule has 0 saturated carbocycles. The number of nitro benzene ring substituents is 1. The summed E-state index contributed by atoms with van der Waals surface area (Å²) in [6.07, 6.45) is 0. The van der Waals surface area contributed by atoms with E-state index in [1.807, 2.05) is 19.9 Å². The maximum absolute atomic E-state index is 13.1. The Morgan fingerprint density at radius 2 is 1.77 bits per heavy atom. The van der Waals surface area contributed by atoms with Gasteiger partial charge in [-0.3, -0.25) is 19.7 Å². The van der Waals surface area contributed by atoms with Crippen LogP contribution in [0, 0.1) is 10.1 Å². The lowest BCUT2D eigenvalue weighted by Crippen LogP contribution is -2.28. The van der Waals surface area contributed by atoms with Gasteiger partial charge in [-0.05, 0) is 32.4 Å². The monoisotopic (exact) mass is 350 g/mol. The van der Waals surface area contributed by atoms with E-state index in [0.717, 1.165) is 0 Å². The predicted octanol–water partition coefficient (Wildman–Crippen LogP) is 4.36. The molecule has 26 heavy (non-hydrogen) atoms. The van der Waals surface area contributed by atoms with Gasteiger partial charge in [0, 0.05) is 29.1 Å². The summed E-state index contributed by atoms with van der Waals surface area (Å²) < 4.78 is 1.52. The van der Waals surface area contributed by atoms with Gasteiger partial charge < -0.3 is 4.57 Å². The van der Waals surface area contributed by atoms with E-state index >= 15 is 0 Å². The Morgan fingerprint density at radius 1 is 1.12 bits per heavy atom. The first-order valence-electron chi connectivity index (χ1n) is 8.26. The second-order valence-corrected chi connectivity index (χ2v) is 6.40. The number of benzene rings is 2. The van der Waals surface area contributed by atoms with E-state index in [4.69, 9.17) is 0 Å². The molecule has 3 aromatic rings. The highest BCUT2D eigenvalue weighted by Crippen LogP contribution is 2.33. The van der Waals surface area contributed by atoms with Crippen LogP contribution in [0.25, 0.3) is 22.0 Å². The number of hydrogen-bond acceptors (Lipinski definition) is 4. The minimum absolute atomic E-state index is 0.0536. The number of aromatic nitrogens is 1. The Labute approximate surface area is 149 Å². The van der Waals surface area contributed by atoms with Crippen LogP contribution in [0.3, 0.4) is 0 Å². The lowest BCUT2D eigenvalue weighted by atomic mass is 9.93. The molecule has 3 rings (SSSR count). The Kier molecular flexibility index (Phi) is 4.42. The quantitative estimate of drug-likeness (QED) is 0.398. The van der Waals surface area contributed by atoms with Crippen LogP contribution in [-0.4, -0.2) is 15.3 Å². The van der Waals surface area contributed by atoms with Crippen molar-refractivity contribution >= 4 is 22.4 Å². The number of nitrogens with zero attached hydrogens (tertiary/aromatic N) is 2. The van der Waals surface area contributed by atoms with Crippen molar-refractivity contribution in [2.24, 2.45) is 0 Å². The number of hydrogen-bond donors (Lipinski definition) is 0. The summed E-state index contributed by atoms with van der Waals surface area (Å²) in [6.45, 7) is 5.03. The maximum Gasteiger partial charge on any atom is 0.270 e. The number of fused-ring (bicyclic) bond motifs is 1. The Morgan fingerprint density at radius 3 is 2.31 bits per heavy atom. The van der Waals surface area contributed by atoms with Crippen LogP contribution in [0.15, 0.2) is 53.3 Å². The number of Topliss-reactive ketones (excluding diaryl/α,β-unsaturated/α-hetero) is 1. The Balaban J connectivity index is 2.61. The van der Waals surface area contributed by atoms with E-state index in [-0.39, 0.29) is 28.6 Å². The molecule has 0 bridgehead atoms. The van der Waals surface area contributed by atoms with Crippen LogP contribution in [0.4, 0.5) is 5.69 Å². The van der Waals surface area contributed by atoms with Gasteiger partial charge in [-0.25, -0.2) is 0 Å². The first kappa shape index (κ1) is 17.5. The van der Waals surface area contributed by atoms with Gasteiger partial charge in [0.25, 0.3) is 11.2 Å². The molecule has 0 atom stereocenters. The molecular weight excluding hydrogens is 332 g/mol. The summed E-state index contributed by atoms with van der Waals surface area (Å²) in [6, 6.07) is 13.2. The lowest BCUT2D eigenvalue weighted by molar-refractivity contribution is -0.384. The summed E-state index contributed by atoms with van der Waals surface area (Å²) >= 11 is 0. The minimum atomic E-state index is -0.480. The van der Waals surface area contributed by atoms with E-state index < -0.39 is 4.92 Å². The van der Waals surface area contributed by atoms with Crippen molar-refractivity contribution in [3.8, 4) is 11.1 Å². The smallest absolute Gasteiger partial charge is 0.270 e. The van der Waals surface area contributed by atoms with Gasteiger partial charge in [-0.2, -0.15) is 0 Å². The average molecular weight is 350 g/mol. The van der Waals surface area contributed by atoms with E-state index in [1.165, 1.54) is 23.6 Å². The van der Waals surface area contributed by atoms with Gasteiger partial charge >= 0.3 is 0 Å². The lowest BCUT2D eigenvalue weighted by Gasteiger charge is -2.19. The molecule has 0 aliphatic heterocycles. The molecule has 0 spiro atoms. The molecule has 0 unspecified atom stereocenters. The highest BCUT2D eigenvalue weighted by atomic mass is 16.6. The zero-order chi connectivity index (χ0) is 19.0. The molecule has 6 heteroatoms. The fourth-order valence-corrected chi connectivity index (χ4v) is 3.26. The number of carbonyl (C=O) groups is 1. The van der Waals surface area contributed by atoms with Gasteiger partial charge in [0.15, 0.2) is 5.78 Å². The number of pyridine rings is 1. The molecule has 0 N–H and O–H groups in total. The summed E-state index contributed by atoms with van der Waals surface area (Å²) in [5.41, 5.74) is 1.28. The van der Waals surface area contributed by atoms with Gasteiger partial charge in [-0.1, -0.05) is 30.3 Å². The third-order valence-electron chi connectivity index (χ3n) is 4.33. The summed E-state index contributed by atoms with van der Waals surface area (Å²) in [5, 5.41) is 11.8. The first-order valence-corrected chi connectivity index (χ1v) is 8.26. The zero-order valence-electron chi connectivity index (χ0n) is 14.7. The van der Waals surface area contributed by atoms with Gasteiger partial charge in [0.05, 0.1) is 16.0 Å². The van der Waals surface area contributed by atoms with Crippen molar-refractivity contribution in [3.63, 3.8) is 0 Å². The zero-order valence-corrected chi connectivity index (χ0v) is 14.7. The Hall–Kier alpha value is -3.28. The van der Waals surface area contributed by atoms with Gasteiger partial charge in [0.2, 0.25) is 0 Å². The Bertz CT molecular complexity index is 1080. The second-order valence-electron chi connectivity index (χ2n) is 6.40. The summed E-state index contributed by atoms with van der Waals surface area (Å²) in [7, 11) is 0. The first-order chi connectivity index (χ1) is 12.3. The van der Waals surface area contributed by atoms with Gasteiger partial charge in [0.1, 0.15) is 0 Å². The molecule has 132 valence electrons. The van der Waals surface area contributed by atoms with Gasteiger partial charge in [-0.15, -0.1) is 0 Å². The third-order valence-corrected chi connectivity index (χ3v) is 4.33.